The SMILES string of the molecule is Cl.N#CC1(F)CCNCC1. The van der Waals surface area contributed by atoms with Crippen molar-refractivity contribution in [2.24, 2.45) is 0 Å². The molecule has 0 spiro atoms. The van der Waals surface area contributed by atoms with Crippen molar-refractivity contribution in [2.45, 2.75) is 18.5 Å². The van der Waals surface area contributed by atoms with E-state index < -0.39 is 5.67 Å². The zero-order valence-corrected chi connectivity index (χ0v) is 6.38. The van der Waals surface area contributed by atoms with E-state index >= 15 is 0 Å². The fourth-order valence-corrected chi connectivity index (χ4v) is 0.935. The third kappa shape index (κ3) is 2.13. The lowest BCUT2D eigenvalue weighted by molar-refractivity contribution is 0.182. The third-order valence-electron chi connectivity index (χ3n) is 1.60. The number of hydrogen-bond acceptors (Lipinski definition) is 2. The molecule has 58 valence electrons. The lowest BCUT2D eigenvalue weighted by atomic mass is 9.97. The number of nitrogens with one attached hydrogen (secondary N) is 1. The first-order valence-electron chi connectivity index (χ1n) is 3.08. The number of nitriles is 1. The molecule has 0 saturated carbocycles. The molecule has 10 heavy (non-hydrogen) atoms. The normalized spacial score (nSPS) is 22.4. The van der Waals surface area contributed by atoms with Gasteiger partial charge in [-0.25, -0.2) is 4.39 Å². The van der Waals surface area contributed by atoms with Gasteiger partial charge in [-0.1, -0.05) is 0 Å². The number of alkyl halides is 1. The van der Waals surface area contributed by atoms with Crippen molar-refractivity contribution in [1.29, 1.82) is 5.26 Å². The summed E-state index contributed by atoms with van der Waals surface area (Å²) in [6.07, 6.45) is 0.674. The largest absolute Gasteiger partial charge is 0.316 e. The minimum atomic E-state index is -1.54. The molecule has 1 saturated heterocycles. The summed E-state index contributed by atoms with van der Waals surface area (Å²) < 4.78 is 12.9. The molecule has 0 aromatic rings. The molecule has 0 atom stereocenters. The van der Waals surface area contributed by atoms with Crippen LogP contribution in [0.5, 0.6) is 0 Å². The molecule has 1 aliphatic rings. The molecule has 0 amide bonds. The predicted molar refractivity (Wildman–Crippen MR) is 38.8 cm³/mol. The van der Waals surface area contributed by atoms with Gasteiger partial charge in [0.25, 0.3) is 0 Å². The van der Waals surface area contributed by atoms with Gasteiger partial charge in [-0.2, -0.15) is 5.26 Å². The van der Waals surface area contributed by atoms with Crippen LogP contribution in [0, 0.1) is 11.3 Å². The molecular weight excluding hydrogens is 155 g/mol. The Morgan fingerprint density at radius 2 is 1.90 bits per heavy atom. The highest BCUT2D eigenvalue weighted by Gasteiger charge is 2.30. The third-order valence-corrected chi connectivity index (χ3v) is 1.60. The van der Waals surface area contributed by atoms with Gasteiger partial charge in [0.2, 0.25) is 0 Å². The summed E-state index contributed by atoms with van der Waals surface area (Å²) in [6, 6.07) is 1.67. The maximum atomic E-state index is 12.9. The van der Waals surface area contributed by atoms with Crippen molar-refractivity contribution in [3.8, 4) is 6.07 Å². The maximum absolute atomic E-state index is 12.9. The first kappa shape index (κ1) is 9.67. The van der Waals surface area contributed by atoms with Gasteiger partial charge in [0.15, 0.2) is 5.67 Å². The van der Waals surface area contributed by atoms with Gasteiger partial charge in [0, 0.05) is 12.8 Å². The van der Waals surface area contributed by atoms with Crippen molar-refractivity contribution in [3.63, 3.8) is 0 Å². The van der Waals surface area contributed by atoms with Crippen LogP contribution in [0.25, 0.3) is 0 Å². The van der Waals surface area contributed by atoms with E-state index in [1.807, 2.05) is 0 Å². The molecule has 4 heteroatoms. The molecular formula is C6H10ClFN2. The number of hydrogen-bond donors (Lipinski definition) is 1. The minimum absolute atomic E-state index is 0. The van der Waals surface area contributed by atoms with Crippen LogP contribution in [0.2, 0.25) is 0 Å². The Bertz CT molecular complexity index is 137. The highest BCUT2D eigenvalue weighted by atomic mass is 35.5. The summed E-state index contributed by atoms with van der Waals surface area (Å²) in [5.74, 6) is 0. The number of halogens is 2. The van der Waals surface area contributed by atoms with Crippen molar-refractivity contribution < 1.29 is 4.39 Å². The minimum Gasteiger partial charge on any atom is -0.316 e. The second-order valence-electron chi connectivity index (χ2n) is 2.33. The van der Waals surface area contributed by atoms with E-state index in [-0.39, 0.29) is 12.4 Å². The lowest BCUT2D eigenvalue weighted by Crippen LogP contribution is -2.37. The van der Waals surface area contributed by atoms with Crippen LogP contribution in [0.3, 0.4) is 0 Å². The zero-order chi connectivity index (χ0) is 6.74. The second-order valence-corrected chi connectivity index (χ2v) is 2.33. The number of piperidine rings is 1. The summed E-state index contributed by atoms with van der Waals surface area (Å²) in [5.41, 5.74) is -1.54. The molecule has 2 nitrogen and oxygen atoms in total. The van der Waals surface area contributed by atoms with E-state index in [9.17, 15) is 4.39 Å². The Morgan fingerprint density at radius 1 is 1.40 bits per heavy atom. The highest BCUT2D eigenvalue weighted by molar-refractivity contribution is 5.85. The van der Waals surface area contributed by atoms with Crippen LogP contribution in [0.1, 0.15) is 12.8 Å². The zero-order valence-electron chi connectivity index (χ0n) is 5.56. The summed E-state index contributed by atoms with van der Waals surface area (Å²) >= 11 is 0. The fraction of sp³-hybridized carbons (Fsp3) is 0.833. The van der Waals surface area contributed by atoms with Gasteiger partial charge in [-0.3, -0.25) is 0 Å². The van der Waals surface area contributed by atoms with Crippen LogP contribution in [0.15, 0.2) is 0 Å². The van der Waals surface area contributed by atoms with Gasteiger partial charge >= 0.3 is 0 Å². The smallest absolute Gasteiger partial charge is 0.198 e. The van der Waals surface area contributed by atoms with Gasteiger partial charge in [0.05, 0.1) is 0 Å². The molecule has 1 rings (SSSR count). The predicted octanol–water partition coefficient (Wildman–Crippen LogP) is 1.02. The molecule has 0 unspecified atom stereocenters. The Balaban J connectivity index is 0.000000810. The average molecular weight is 165 g/mol. The van der Waals surface area contributed by atoms with Gasteiger partial charge in [-0.05, 0) is 13.1 Å². The summed E-state index contributed by atoms with van der Waals surface area (Å²) in [5, 5.41) is 11.3. The second kappa shape index (κ2) is 3.75. The Kier molecular flexibility index (Phi) is 3.62. The molecule has 1 fully saturated rings. The van der Waals surface area contributed by atoms with E-state index in [1.165, 1.54) is 0 Å². The molecule has 0 aromatic heterocycles. The van der Waals surface area contributed by atoms with Crippen LogP contribution in [-0.2, 0) is 0 Å². The molecule has 0 radical (unpaired) electrons. The van der Waals surface area contributed by atoms with Crippen LogP contribution < -0.4 is 5.32 Å². The Morgan fingerprint density at radius 3 is 2.20 bits per heavy atom. The number of nitrogens with zero attached hydrogens (tertiary/aromatic N) is 1. The van der Waals surface area contributed by atoms with Gasteiger partial charge in [0.1, 0.15) is 6.07 Å². The van der Waals surface area contributed by atoms with Crippen molar-refractivity contribution >= 4 is 12.4 Å². The topological polar surface area (TPSA) is 35.8 Å². The molecule has 0 aromatic carbocycles. The molecule has 0 bridgehead atoms. The molecule has 1 heterocycles. The highest BCUT2D eigenvalue weighted by Crippen LogP contribution is 2.21. The molecule has 0 aliphatic carbocycles. The van der Waals surface area contributed by atoms with E-state index in [1.54, 1.807) is 6.07 Å². The first-order valence-corrected chi connectivity index (χ1v) is 3.08. The van der Waals surface area contributed by atoms with E-state index in [4.69, 9.17) is 5.26 Å². The van der Waals surface area contributed by atoms with Gasteiger partial charge in [-0.15, -0.1) is 12.4 Å². The van der Waals surface area contributed by atoms with Crippen molar-refractivity contribution in [3.05, 3.63) is 0 Å². The summed E-state index contributed by atoms with van der Waals surface area (Å²) in [6.45, 7) is 1.26. The number of rotatable bonds is 0. The van der Waals surface area contributed by atoms with Gasteiger partial charge < -0.3 is 5.32 Å². The standard InChI is InChI=1S/C6H9FN2.ClH/c7-6(5-8)1-3-9-4-2-6;/h9H,1-4H2;1H. The summed E-state index contributed by atoms with van der Waals surface area (Å²) in [7, 11) is 0. The van der Waals surface area contributed by atoms with Crippen LogP contribution in [0.4, 0.5) is 4.39 Å². The van der Waals surface area contributed by atoms with E-state index in [0.29, 0.717) is 25.9 Å². The Labute approximate surface area is 65.8 Å². The first-order chi connectivity index (χ1) is 4.27. The van der Waals surface area contributed by atoms with Crippen molar-refractivity contribution in [1.82, 2.24) is 5.32 Å². The molecule has 1 aliphatic heterocycles. The van der Waals surface area contributed by atoms with Crippen LogP contribution >= 0.6 is 12.4 Å². The van der Waals surface area contributed by atoms with E-state index in [2.05, 4.69) is 5.32 Å². The maximum Gasteiger partial charge on any atom is 0.198 e. The fourth-order valence-electron chi connectivity index (χ4n) is 0.935. The quantitative estimate of drug-likeness (QED) is 0.581. The lowest BCUT2D eigenvalue weighted by Gasteiger charge is -2.22. The van der Waals surface area contributed by atoms with Crippen molar-refractivity contribution in [2.75, 3.05) is 13.1 Å². The monoisotopic (exact) mass is 164 g/mol. The summed E-state index contributed by atoms with van der Waals surface area (Å²) in [4.78, 5) is 0. The molecule has 1 N–H and O–H groups in total. The van der Waals surface area contributed by atoms with E-state index in [0.717, 1.165) is 0 Å². The Hall–Kier alpha value is -0.330. The average Bonchev–Trinajstić information content (AvgIpc) is 1.90. The van der Waals surface area contributed by atoms with Crippen LogP contribution in [-0.4, -0.2) is 18.8 Å².